The lowest BCUT2D eigenvalue weighted by Gasteiger charge is -2.26. The second-order valence-electron chi connectivity index (χ2n) is 11.1. The van der Waals surface area contributed by atoms with Crippen LogP contribution in [0.3, 0.4) is 0 Å². The lowest BCUT2D eigenvalue weighted by Crippen LogP contribution is -2.52. The van der Waals surface area contributed by atoms with Crippen LogP contribution in [-0.4, -0.2) is 47.5 Å². The number of rotatable bonds is 13. The average molecular weight is 594 g/mol. The Bertz CT molecular complexity index is 1380. The lowest BCUT2D eigenvalue weighted by atomic mass is 9.94. The van der Waals surface area contributed by atoms with Crippen LogP contribution >= 0.6 is 0 Å². The highest BCUT2D eigenvalue weighted by atomic mass is 16.6. The van der Waals surface area contributed by atoms with Gasteiger partial charge in [0, 0.05) is 6.42 Å². The van der Waals surface area contributed by atoms with Crippen molar-refractivity contribution in [1.82, 2.24) is 15.6 Å². The quantitative estimate of drug-likeness (QED) is 0.208. The van der Waals surface area contributed by atoms with Crippen molar-refractivity contribution in [3.8, 4) is 5.75 Å². The Morgan fingerprint density at radius 1 is 0.953 bits per heavy atom. The molecule has 2 N–H and O–H groups in total. The predicted octanol–water partition coefficient (Wildman–Crippen LogP) is 4.95. The largest absolute Gasteiger partial charge is 0.489 e. The molecule has 0 unspecified atom stereocenters. The first-order valence-electron chi connectivity index (χ1n) is 14.0. The molecule has 2 amide bonds. The molecule has 3 aromatic rings. The van der Waals surface area contributed by atoms with Crippen molar-refractivity contribution >= 4 is 23.8 Å². The molecule has 0 spiro atoms. The number of alkyl carbamates (subject to hydrolysis) is 1. The summed E-state index contributed by atoms with van der Waals surface area (Å²) in [5.41, 5.74) is 0.927. The Labute approximate surface area is 251 Å². The number of ketones is 1. The minimum atomic E-state index is -1.13. The summed E-state index contributed by atoms with van der Waals surface area (Å²) in [5, 5.41) is 5.21. The highest BCUT2D eigenvalue weighted by Gasteiger charge is 2.34. The predicted molar refractivity (Wildman–Crippen MR) is 157 cm³/mol. The van der Waals surface area contributed by atoms with E-state index in [1.165, 1.54) is 7.11 Å². The molecule has 3 atom stereocenters. The van der Waals surface area contributed by atoms with E-state index in [9.17, 15) is 19.2 Å². The van der Waals surface area contributed by atoms with E-state index in [1.54, 1.807) is 39.8 Å². The molecule has 0 aliphatic rings. The van der Waals surface area contributed by atoms with E-state index in [-0.39, 0.29) is 23.9 Å². The molecular formula is C32H39N3O8. The zero-order valence-corrected chi connectivity index (χ0v) is 25.3. The van der Waals surface area contributed by atoms with Gasteiger partial charge in [-0.25, -0.2) is 14.6 Å². The Morgan fingerprint density at radius 2 is 1.63 bits per heavy atom. The highest BCUT2D eigenvalue weighted by Crippen LogP contribution is 2.22. The van der Waals surface area contributed by atoms with Gasteiger partial charge < -0.3 is 29.3 Å². The van der Waals surface area contributed by atoms with Gasteiger partial charge in [0.15, 0.2) is 5.69 Å². The first-order chi connectivity index (χ1) is 20.4. The van der Waals surface area contributed by atoms with Crippen LogP contribution in [-0.2, 0) is 32.1 Å². The minimum Gasteiger partial charge on any atom is -0.489 e. The summed E-state index contributed by atoms with van der Waals surface area (Å²) in [7, 11) is 1.21. The maximum atomic E-state index is 13.3. The van der Waals surface area contributed by atoms with Gasteiger partial charge in [0.1, 0.15) is 36.3 Å². The van der Waals surface area contributed by atoms with Crippen molar-refractivity contribution in [3.63, 3.8) is 0 Å². The van der Waals surface area contributed by atoms with Crippen LogP contribution in [0.25, 0.3) is 0 Å². The molecule has 0 aliphatic heterocycles. The molecule has 0 aliphatic carbocycles. The van der Waals surface area contributed by atoms with Gasteiger partial charge in [0.05, 0.1) is 7.11 Å². The molecule has 1 heterocycles. The van der Waals surface area contributed by atoms with Crippen LogP contribution in [0.1, 0.15) is 74.6 Å². The van der Waals surface area contributed by atoms with Gasteiger partial charge in [0.25, 0.3) is 5.91 Å². The number of aromatic nitrogens is 1. The molecule has 230 valence electrons. The molecule has 0 radical (unpaired) electrons. The van der Waals surface area contributed by atoms with Crippen molar-refractivity contribution < 1.29 is 37.8 Å². The van der Waals surface area contributed by atoms with Crippen molar-refractivity contribution in [1.29, 1.82) is 0 Å². The summed E-state index contributed by atoms with van der Waals surface area (Å²) < 4.78 is 21.4. The number of carbonyl (C=O) groups is 4. The normalized spacial score (nSPS) is 13.3. The number of hydrogen-bond acceptors (Lipinski definition) is 9. The summed E-state index contributed by atoms with van der Waals surface area (Å²) in [6.45, 7) is 9.10. The van der Waals surface area contributed by atoms with Crippen LogP contribution < -0.4 is 15.4 Å². The number of nitrogens with one attached hydrogen (secondary N) is 2. The number of Topliss-reactive ketones (excluding diaryl/α,β-unsaturated/α-hetero) is 1. The molecule has 0 saturated carbocycles. The van der Waals surface area contributed by atoms with E-state index >= 15 is 0 Å². The molecule has 0 fully saturated rings. The van der Waals surface area contributed by atoms with Crippen LogP contribution in [0.4, 0.5) is 4.79 Å². The average Bonchev–Trinajstić information content (AvgIpc) is 3.48. The number of oxazole rings is 1. The van der Waals surface area contributed by atoms with E-state index in [0.29, 0.717) is 18.8 Å². The Kier molecular flexibility index (Phi) is 11.4. The molecular weight excluding hydrogens is 554 g/mol. The highest BCUT2D eigenvalue weighted by molar-refractivity contribution is 6.38. The molecule has 1 aromatic heterocycles. The summed E-state index contributed by atoms with van der Waals surface area (Å²) >= 11 is 0. The third kappa shape index (κ3) is 9.98. The number of ether oxygens (including phenoxy) is 3. The van der Waals surface area contributed by atoms with Gasteiger partial charge in [-0.15, -0.1) is 0 Å². The van der Waals surface area contributed by atoms with Gasteiger partial charge >= 0.3 is 12.1 Å². The molecule has 0 bridgehead atoms. The first-order valence-corrected chi connectivity index (χ1v) is 14.0. The smallest absolute Gasteiger partial charge is 0.408 e. The van der Waals surface area contributed by atoms with Crippen LogP contribution in [0.2, 0.25) is 0 Å². The number of benzene rings is 2. The fraction of sp³-hybridized carbons (Fsp3) is 0.406. The Balaban J connectivity index is 1.78. The van der Waals surface area contributed by atoms with E-state index in [0.717, 1.165) is 17.4 Å². The van der Waals surface area contributed by atoms with E-state index in [1.807, 2.05) is 49.4 Å². The van der Waals surface area contributed by atoms with Crippen molar-refractivity contribution in [2.45, 2.75) is 71.8 Å². The number of hydrogen-bond donors (Lipinski definition) is 2. The van der Waals surface area contributed by atoms with Gasteiger partial charge in [0.2, 0.25) is 11.7 Å². The van der Waals surface area contributed by atoms with E-state index < -0.39 is 41.4 Å². The third-order valence-electron chi connectivity index (χ3n) is 6.52. The number of carbonyl (C=O) groups excluding carboxylic acids is 4. The fourth-order valence-electron chi connectivity index (χ4n) is 4.05. The van der Waals surface area contributed by atoms with Crippen LogP contribution in [0, 0.1) is 5.92 Å². The van der Waals surface area contributed by atoms with Gasteiger partial charge in [-0.05, 0) is 49.9 Å². The topological polar surface area (TPSA) is 146 Å². The Morgan fingerprint density at radius 3 is 2.23 bits per heavy atom. The zero-order chi connectivity index (χ0) is 31.6. The molecule has 2 aromatic carbocycles. The van der Waals surface area contributed by atoms with Crippen molar-refractivity contribution in [3.05, 3.63) is 83.6 Å². The number of methoxy groups -OCH3 is 1. The molecule has 0 saturated heterocycles. The van der Waals surface area contributed by atoms with Crippen molar-refractivity contribution in [2.75, 3.05) is 7.11 Å². The third-order valence-corrected chi connectivity index (χ3v) is 6.52. The maximum absolute atomic E-state index is 13.3. The molecule has 43 heavy (non-hydrogen) atoms. The summed E-state index contributed by atoms with van der Waals surface area (Å²) in [6.07, 6.45) is 1.01. The maximum Gasteiger partial charge on any atom is 0.408 e. The number of amides is 2. The summed E-state index contributed by atoms with van der Waals surface area (Å²) in [6, 6.07) is 14.9. The molecule has 11 heteroatoms. The number of nitrogens with zero attached hydrogens (tertiary/aromatic N) is 1. The fourth-order valence-corrected chi connectivity index (χ4v) is 4.05. The lowest BCUT2D eigenvalue weighted by molar-refractivity contribution is -0.140. The van der Waals surface area contributed by atoms with Gasteiger partial charge in [-0.3, -0.25) is 9.59 Å². The second-order valence-corrected chi connectivity index (χ2v) is 11.1. The van der Waals surface area contributed by atoms with Crippen LogP contribution in [0.5, 0.6) is 5.75 Å². The monoisotopic (exact) mass is 593 g/mol. The standard InChI is InChI=1S/C32H39N3O8/c1-7-20(2)26(35-31(39)43-32(3,4)5)27(36)28(37)33-24(29-34-25(19-42-29)30(38)40-6)17-21-13-15-23(16-14-21)41-18-22-11-9-8-10-12-22/h8-16,19-20,24,26H,7,17-18H2,1-6H3,(H,33,37)(H,35,39)/t20-,24-,26-/m0/s1. The summed E-state index contributed by atoms with van der Waals surface area (Å²) in [5.74, 6) is -2.22. The minimum absolute atomic E-state index is 0.00569. The van der Waals surface area contributed by atoms with E-state index in [4.69, 9.17) is 18.6 Å². The first kappa shape index (κ1) is 32.8. The summed E-state index contributed by atoms with van der Waals surface area (Å²) in [4.78, 5) is 55.2. The molecule has 11 nitrogen and oxygen atoms in total. The molecule has 3 rings (SSSR count). The van der Waals surface area contributed by atoms with Crippen molar-refractivity contribution in [2.24, 2.45) is 5.92 Å². The van der Waals surface area contributed by atoms with Crippen LogP contribution in [0.15, 0.2) is 65.3 Å². The van der Waals surface area contributed by atoms with Gasteiger partial charge in [-0.1, -0.05) is 62.7 Å². The Hall–Kier alpha value is -4.67. The number of esters is 1. The van der Waals surface area contributed by atoms with E-state index in [2.05, 4.69) is 15.6 Å². The zero-order valence-electron chi connectivity index (χ0n) is 25.3. The van der Waals surface area contributed by atoms with Gasteiger partial charge in [-0.2, -0.15) is 0 Å². The second kappa shape index (κ2) is 15.0. The SMILES string of the molecule is CC[C@H](C)[C@H](NC(=O)OC(C)(C)C)C(=O)C(=O)N[C@@H](Cc1ccc(OCc2ccccc2)cc1)c1nc(C(=O)OC)co1.